The molecule has 1 heterocycles. The highest BCUT2D eigenvalue weighted by molar-refractivity contribution is 6.07. The number of ether oxygens (including phenoxy) is 3. The summed E-state index contributed by atoms with van der Waals surface area (Å²) in [5, 5.41) is 3.13. The van der Waals surface area contributed by atoms with E-state index in [2.05, 4.69) is 5.32 Å². The van der Waals surface area contributed by atoms with Crippen LogP contribution in [0.3, 0.4) is 0 Å². The van der Waals surface area contributed by atoms with Gasteiger partial charge in [-0.15, -0.1) is 0 Å². The van der Waals surface area contributed by atoms with Gasteiger partial charge in [-0.05, 0) is 33.3 Å². The number of methoxy groups -OCH3 is 1. The van der Waals surface area contributed by atoms with Crippen LogP contribution in [0.5, 0.6) is 5.75 Å². The Labute approximate surface area is 142 Å². The Balaban J connectivity index is 2.57. The zero-order valence-corrected chi connectivity index (χ0v) is 14.6. The molecular formula is C18H25NO5. The van der Waals surface area contributed by atoms with Gasteiger partial charge in [0.25, 0.3) is 0 Å². The van der Waals surface area contributed by atoms with Crippen molar-refractivity contribution in [2.75, 3.05) is 20.3 Å². The maximum absolute atomic E-state index is 12.8. The first kappa shape index (κ1) is 18.3. The molecule has 132 valence electrons. The van der Waals surface area contributed by atoms with Crippen molar-refractivity contribution in [2.45, 2.75) is 44.7 Å². The predicted octanol–water partition coefficient (Wildman–Crippen LogP) is 2.03. The molecule has 1 fully saturated rings. The first-order chi connectivity index (χ1) is 11.5. The minimum Gasteiger partial charge on any atom is -0.496 e. The molecule has 0 amide bonds. The summed E-state index contributed by atoms with van der Waals surface area (Å²) in [6.45, 7) is 5.74. The number of carbonyl (C=O) groups excluding carboxylic acids is 2. The Morgan fingerprint density at radius 2 is 1.75 bits per heavy atom. The largest absolute Gasteiger partial charge is 0.496 e. The van der Waals surface area contributed by atoms with Crippen LogP contribution >= 0.6 is 0 Å². The molecule has 0 aliphatic carbocycles. The van der Waals surface area contributed by atoms with E-state index in [4.69, 9.17) is 14.2 Å². The summed E-state index contributed by atoms with van der Waals surface area (Å²) < 4.78 is 15.9. The van der Waals surface area contributed by atoms with Crippen molar-refractivity contribution in [3.8, 4) is 5.75 Å². The van der Waals surface area contributed by atoms with Crippen LogP contribution in [0.15, 0.2) is 24.3 Å². The third-order valence-electron chi connectivity index (χ3n) is 4.30. The summed E-state index contributed by atoms with van der Waals surface area (Å²) in [5.74, 6) is -1.01. The quantitative estimate of drug-likeness (QED) is 0.633. The Morgan fingerprint density at radius 1 is 1.17 bits per heavy atom. The predicted molar refractivity (Wildman–Crippen MR) is 88.9 cm³/mol. The summed E-state index contributed by atoms with van der Waals surface area (Å²) >= 11 is 0. The number of hydrogen-bond donors (Lipinski definition) is 1. The molecule has 0 bridgehead atoms. The van der Waals surface area contributed by atoms with Crippen LogP contribution in [0.4, 0.5) is 0 Å². The average Bonchev–Trinajstić information content (AvgIpc) is 2.93. The van der Waals surface area contributed by atoms with Crippen LogP contribution < -0.4 is 10.1 Å². The van der Waals surface area contributed by atoms with E-state index in [1.54, 1.807) is 21.0 Å². The molecule has 0 radical (unpaired) electrons. The van der Waals surface area contributed by atoms with Crippen molar-refractivity contribution in [1.29, 1.82) is 0 Å². The Hall–Kier alpha value is -2.08. The van der Waals surface area contributed by atoms with Gasteiger partial charge >= 0.3 is 11.9 Å². The molecule has 0 spiro atoms. The van der Waals surface area contributed by atoms with Gasteiger partial charge in [0.05, 0.1) is 20.3 Å². The van der Waals surface area contributed by atoms with Crippen LogP contribution in [0.1, 0.15) is 38.7 Å². The van der Waals surface area contributed by atoms with Gasteiger partial charge in [-0.25, -0.2) is 9.59 Å². The molecule has 6 heteroatoms. The maximum atomic E-state index is 12.8. The SMILES string of the molecule is CCOC(=O)C1(C(=O)OCC)N[C@@H](C)C[C@H]1c1ccccc1OC. The standard InChI is InChI=1S/C18H25NO5/c1-5-23-16(20)18(17(21)24-6-2)14(11-12(3)19-18)13-9-7-8-10-15(13)22-4/h7-10,12,14,19H,5-6,11H2,1-4H3/t12-,14-/m0/s1. The van der Waals surface area contributed by atoms with Gasteiger partial charge in [0.2, 0.25) is 5.54 Å². The summed E-state index contributed by atoms with van der Waals surface area (Å²) in [4.78, 5) is 25.6. The smallest absolute Gasteiger partial charge is 0.338 e. The van der Waals surface area contributed by atoms with Crippen molar-refractivity contribution in [1.82, 2.24) is 5.32 Å². The molecule has 0 aromatic heterocycles. The fraction of sp³-hybridized carbons (Fsp3) is 0.556. The molecule has 0 unspecified atom stereocenters. The molecule has 24 heavy (non-hydrogen) atoms. The number of hydrogen-bond acceptors (Lipinski definition) is 6. The fourth-order valence-electron chi connectivity index (χ4n) is 3.37. The van der Waals surface area contributed by atoms with Gasteiger partial charge in [0, 0.05) is 17.5 Å². The van der Waals surface area contributed by atoms with Gasteiger partial charge in [-0.1, -0.05) is 18.2 Å². The lowest BCUT2D eigenvalue weighted by Gasteiger charge is -2.31. The number of esters is 2. The summed E-state index contributed by atoms with van der Waals surface area (Å²) in [7, 11) is 1.57. The number of para-hydroxylation sites is 1. The van der Waals surface area contributed by atoms with E-state index in [-0.39, 0.29) is 19.3 Å². The van der Waals surface area contributed by atoms with Crippen LogP contribution in [0.25, 0.3) is 0 Å². The molecule has 1 saturated heterocycles. The molecule has 2 atom stereocenters. The Morgan fingerprint density at radius 3 is 2.29 bits per heavy atom. The second-order valence-corrected chi connectivity index (χ2v) is 5.82. The van der Waals surface area contributed by atoms with Crippen LogP contribution in [-0.4, -0.2) is 43.8 Å². The zero-order valence-electron chi connectivity index (χ0n) is 14.6. The van der Waals surface area contributed by atoms with E-state index in [1.807, 2.05) is 31.2 Å². The third kappa shape index (κ3) is 3.11. The summed E-state index contributed by atoms with van der Waals surface area (Å²) in [6, 6.07) is 7.36. The molecular weight excluding hydrogens is 310 g/mol. The van der Waals surface area contributed by atoms with Gasteiger partial charge in [0.1, 0.15) is 5.75 Å². The van der Waals surface area contributed by atoms with Crippen molar-refractivity contribution in [2.24, 2.45) is 0 Å². The second-order valence-electron chi connectivity index (χ2n) is 5.82. The molecule has 1 aromatic rings. The first-order valence-corrected chi connectivity index (χ1v) is 8.26. The molecule has 1 aliphatic rings. The van der Waals surface area contributed by atoms with E-state index in [0.29, 0.717) is 12.2 Å². The van der Waals surface area contributed by atoms with E-state index in [0.717, 1.165) is 5.56 Å². The highest BCUT2D eigenvalue weighted by Gasteiger charge is 2.60. The van der Waals surface area contributed by atoms with Crippen LogP contribution in [0, 0.1) is 0 Å². The number of carbonyl (C=O) groups is 2. The van der Waals surface area contributed by atoms with Crippen molar-refractivity contribution < 1.29 is 23.8 Å². The van der Waals surface area contributed by atoms with Gasteiger partial charge in [-0.3, -0.25) is 5.32 Å². The van der Waals surface area contributed by atoms with Crippen LogP contribution in [-0.2, 0) is 19.1 Å². The topological polar surface area (TPSA) is 73.9 Å². The minimum atomic E-state index is -1.56. The van der Waals surface area contributed by atoms with E-state index in [1.165, 1.54) is 0 Å². The normalized spacial score (nSPS) is 22.0. The average molecular weight is 335 g/mol. The number of rotatable bonds is 6. The lowest BCUT2D eigenvalue weighted by atomic mass is 9.79. The van der Waals surface area contributed by atoms with Gasteiger partial charge in [-0.2, -0.15) is 0 Å². The molecule has 1 N–H and O–H groups in total. The first-order valence-electron chi connectivity index (χ1n) is 8.26. The third-order valence-corrected chi connectivity index (χ3v) is 4.30. The van der Waals surface area contributed by atoms with Gasteiger partial charge < -0.3 is 14.2 Å². The molecule has 1 aliphatic heterocycles. The van der Waals surface area contributed by atoms with Crippen molar-refractivity contribution in [3.63, 3.8) is 0 Å². The van der Waals surface area contributed by atoms with E-state index < -0.39 is 23.4 Å². The summed E-state index contributed by atoms with van der Waals surface area (Å²) in [5.41, 5.74) is -0.766. The maximum Gasteiger partial charge on any atom is 0.338 e. The second kappa shape index (κ2) is 7.66. The monoisotopic (exact) mass is 335 g/mol. The molecule has 0 saturated carbocycles. The molecule has 1 aromatic carbocycles. The minimum absolute atomic E-state index is 0.0475. The van der Waals surface area contributed by atoms with Crippen molar-refractivity contribution >= 4 is 11.9 Å². The van der Waals surface area contributed by atoms with Gasteiger partial charge in [0.15, 0.2) is 0 Å². The lowest BCUT2D eigenvalue weighted by Crippen LogP contribution is -2.60. The highest BCUT2D eigenvalue weighted by Crippen LogP contribution is 2.43. The molecule has 2 rings (SSSR count). The van der Waals surface area contributed by atoms with Crippen LogP contribution in [0.2, 0.25) is 0 Å². The Bertz CT molecular complexity index is 583. The fourth-order valence-corrected chi connectivity index (χ4v) is 3.37. The number of benzene rings is 1. The lowest BCUT2D eigenvalue weighted by molar-refractivity contribution is -0.166. The molecule has 6 nitrogen and oxygen atoms in total. The Kier molecular flexibility index (Phi) is 5.83. The van der Waals surface area contributed by atoms with E-state index in [9.17, 15) is 9.59 Å². The van der Waals surface area contributed by atoms with Crippen molar-refractivity contribution in [3.05, 3.63) is 29.8 Å². The van der Waals surface area contributed by atoms with E-state index >= 15 is 0 Å². The zero-order chi connectivity index (χ0) is 17.7. The summed E-state index contributed by atoms with van der Waals surface area (Å²) in [6.07, 6.45) is 0.595. The number of nitrogens with one attached hydrogen (secondary N) is 1. The highest BCUT2D eigenvalue weighted by atomic mass is 16.6.